The summed E-state index contributed by atoms with van der Waals surface area (Å²) in [6.07, 6.45) is 0. The molecule has 0 unspecified atom stereocenters. The summed E-state index contributed by atoms with van der Waals surface area (Å²) in [7, 11) is -8.03. The van der Waals surface area contributed by atoms with E-state index in [1.165, 1.54) is 0 Å². The van der Waals surface area contributed by atoms with Crippen LogP contribution in [-0.2, 0) is 14.1 Å². The van der Waals surface area contributed by atoms with Crippen LogP contribution in [0.25, 0.3) is 0 Å². The molecule has 0 aliphatic carbocycles. The van der Waals surface area contributed by atoms with Crippen LogP contribution in [0.4, 0.5) is 24.5 Å². The standard InChI is InChI=1S/C17H19F3N2O3P2S/c1-11-7-5-8-12(2)15(11)21-26-22(16-13(3)9-6-10-14(16)4)27(21)25-28(23,24)17(18,19)20/h5-10,26H,1-4H3. The van der Waals surface area contributed by atoms with Crippen LogP contribution < -0.4 is 8.88 Å². The van der Waals surface area contributed by atoms with Gasteiger partial charge in [-0.25, -0.2) is 0 Å². The molecule has 0 bridgehead atoms. The van der Waals surface area contributed by atoms with Crippen LogP contribution in [-0.4, -0.2) is 13.9 Å². The fourth-order valence-electron chi connectivity index (χ4n) is 2.97. The summed E-state index contributed by atoms with van der Waals surface area (Å²) >= 11 is 0. The van der Waals surface area contributed by atoms with E-state index in [-0.39, 0.29) is 8.88 Å². The molecule has 2 aromatic carbocycles. The maximum Gasteiger partial charge on any atom is 0.523 e. The summed E-state index contributed by atoms with van der Waals surface area (Å²) in [6.45, 7) is 7.33. The van der Waals surface area contributed by atoms with Crippen molar-refractivity contribution in [3.8, 4) is 0 Å². The summed E-state index contributed by atoms with van der Waals surface area (Å²) in [4.78, 5) is 0. The third kappa shape index (κ3) is 3.73. The van der Waals surface area contributed by atoms with Gasteiger partial charge in [0.15, 0.2) is 0 Å². The van der Waals surface area contributed by atoms with Gasteiger partial charge in [-0.3, -0.25) is 8.88 Å². The molecular weight excluding hydrogens is 431 g/mol. The molecule has 0 spiro atoms. The van der Waals surface area contributed by atoms with Crippen molar-refractivity contribution < 1.29 is 25.6 Å². The Hall–Kier alpha value is -1.40. The molecule has 152 valence electrons. The lowest BCUT2D eigenvalue weighted by molar-refractivity contribution is -0.0497. The lowest BCUT2D eigenvalue weighted by Crippen LogP contribution is -2.37. The minimum Gasteiger partial charge on any atom is -0.272 e. The van der Waals surface area contributed by atoms with Gasteiger partial charge in [0.1, 0.15) is 0 Å². The molecule has 0 amide bonds. The van der Waals surface area contributed by atoms with Crippen molar-refractivity contribution in [1.82, 2.24) is 0 Å². The molecular formula is C17H19F3N2O3P2S. The van der Waals surface area contributed by atoms with E-state index >= 15 is 0 Å². The number of benzene rings is 2. The van der Waals surface area contributed by atoms with Gasteiger partial charge in [-0.1, -0.05) is 36.4 Å². The molecule has 0 aromatic heterocycles. The van der Waals surface area contributed by atoms with E-state index in [0.717, 1.165) is 22.3 Å². The van der Waals surface area contributed by atoms with Gasteiger partial charge in [0.2, 0.25) is 0 Å². The first kappa shape index (κ1) is 21.3. The fourth-order valence-corrected chi connectivity index (χ4v) is 8.48. The number of alkyl halides is 3. The van der Waals surface area contributed by atoms with Crippen molar-refractivity contribution in [3.63, 3.8) is 0 Å². The Morgan fingerprint density at radius 2 is 1.21 bits per heavy atom. The molecule has 0 radical (unpaired) electrons. The lowest BCUT2D eigenvalue weighted by atomic mass is 10.1. The van der Waals surface area contributed by atoms with Crippen molar-refractivity contribution in [2.75, 3.05) is 8.88 Å². The van der Waals surface area contributed by atoms with E-state index in [9.17, 15) is 21.6 Å². The monoisotopic (exact) mass is 450 g/mol. The molecule has 1 aliphatic heterocycles. The maximum absolute atomic E-state index is 13.0. The molecule has 0 N–H and O–H groups in total. The first-order valence-corrected chi connectivity index (χ1v) is 11.7. The summed E-state index contributed by atoms with van der Waals surface area (Å²) in [5, 5.41) is 0. The largest absolute Gasteiger partial charge is 0.523 e. The highest BCUT2D eigenvalue weighted by atomic mass is 32.2. The average Bonchev–Trinajstić information content (AvgIpc) is 2.56. The molecule has 1 saturated heterocycles. The summed E-state index contributed by atoms with van der Waals surface area (Å²) in [6, 6.07) is 11.0. The molecule has 3 rings (SSSR count). The lowest BCUT2D eigenvalue weighted by Gasteiger charge is -2.50. The highest BCUT2D eigenvalue weighted by Crippen LogP contribution is 2.72. The minimum atomic E-state index is -5.74. The number of hydrogen-bond acceptors (Lipinski definition) is 5. The number of nitrogens with zero attached hydrogens (tertiary/aromatic N) is 2. The number of para-hydroxylation sites is 2. The zero-order chi connectivity index (χ0) is 20.9. The third-order valence-corrected chi connectivity index (χ3v) is 9.64. The average molecular weight is 450 g/mol. The number of halogens is 3. The van der Waals surface area contributed by atoms with Gasteiger partial charge in [-0.15, -0.1) is 0 Å². The smallest absolute Gasteiger partial charge is 0.272 e. The van der Waals surface area contributed by atoms with Crippen molar-refractivity contribution in [1.29, 1.82) is 0 Å². The minimum absolute atomic E-state index is 0.0681. The molecule has 0 saturated carbocycles. The predicted molar refractivity (Wildman–Crippen MR) is 108 cm³/mol. The highest BCUT2D eigenvalue weighted by molar-refractivity contribution is 7.96. The van der Waals surface area contributed by atoms with Crippen LogP contribution in [0, 0.1) is 27.7 Å². The van der Waals surface area contributed by atoms with Crippen LogP contribution in [0.1, 0.15) is 22.3 Å². The maximum atomic E-state index is 13.0. The quantitative estimate of drug-likeness (QED) is 0.432. The summed E-state index contributed by atoms with van der Waals surface area (Å²) in [5.74, 6) is 0. The Morgan fingerprint density at radius 1 is 0.857 bits per heavy atom. The van der Waals surface area contributed by atoms with Gasteiger partial charge in [0.25, 0.3) is 8.45 Å². The van der Waals surface area contributed by atoms with Gasteiger partial charge >= 0.3 is 15.6 Å². The van der Waals surface area contributed by atoms with Crippen LogP contribution >= 0.6 is 17.3 Å². The Balaban J connectivity index is 2.06. The van der Waals surface area contributed by atoms with Crippen molar-refractivity contribution in [2.24, 2.45) is 0 Å². The van der Waals surface area contributed by atoms with E-state index in [0.29, 0.717) is 11.4 Å². The molecule has 5 nitrogen and oxygen atoms in total. The topological polar surface area (TPSA) is 49.9 Å². The molecule has 0 atom stereocenters. The predicted octanol–water partition coefficient (Wildman–Crippen LogP) is 5.85. The van der Waals surface area contributed by atoms with E-state index in [2.05, 4.69) is 0 Å². The van der Waals surface area contributed by atoms with Crippen LogP contribution in [0.2, 0.25) is 0 Å². The van der Waals surface area contributed by atoms with Gasteiger partial charge in [-0.2, -0.15) is 25.6 Å². The van der Waals surface area contributed by atoms with Gasteiger partial charge in [0, 0.05) is 0 Å². The van der Waals surface area contributed by atoms with Crippen LogP contribution in [0.5, 0.6) is 0 Å². The normalized spacial score (nSPS) is 18.5. The SMILES string of the molecule is Cc1cccc(C)c1N1PN(c2c(C)cccc2C)P1OS(=O)(=O)C(F)(F)F. The molecule has 28 heavy (non-hydrogen) atoms. The first-order valence-electron chi connectivity index (χ1n) is 8.24. The van der Waals surface area contributed by atoms with Crippen molar-refractivity contribution in [2.45, 2.75) is 33.2 Å². The molecule has 1 aliphatic rings. The summed E-state index contributed by atoms with van der Waals surface area (Å²) < 4.78 is 70.5. The Bertz CT molecular complexity index is 917. The number of anilines is 2. The van der Waals surface area contributed by atoms with Crippen molar-refractivity contribution in [3.05, 3.63) is 58.7 Å². The van der Waals surface area contributed by atoms with E-state index < -0.39 is 24.1 Å². The molecule has 2 aromatic rings. The number of rotatable bonds is 4. The van der Waals surface area contributed by atoms with Gasteiger partial charge < -0.3 is 0 Å². The molecule has 11 heteroatoms. The van der Waals surface area contributed by atoms with Crippen LogP contribution in [0.3, 0.4) is 0 Å². The van der Waals surface area contributed by atoms with E-state index in [1.54, 1.807) is 8.88 Å². The zero-order valence-corrected chi connectivity index (χ0v) is 18.3. The Labute approximate surface area is 165 Å². The molecule has 1 heterocycles. The van der Waals surface area contributed by atoms with Crippen molar-refractivity contribution >= 4 is 38.8 Å². The second kappa shape index (κ2) is 7.45. The first-order chi connectivity index (χ1) is 12.9. The van der Waals surface area contributed by atoms with Gasteiger partial charge in [0.05, 0.1) is 20.3 Å². The highest BCUT2D eigenvalue weighted by Gasteiger charge is 2.54. The zero-order valence-electron chi connectivity index (χ0n) is 15.6. The van der Waals surface area contributed by atoms with Gasteiger partial charge in [-0.05, 0) is 49.9 Å². The third-order valence-electron chi connectivity index (χ3n) is 4.28. The second-order valence-corrected chi connectivity index (χ2v) is 11.6. The summed E-state index contributed by atoms with van der Waals surface area (Å²) in [5.41, 5.74) is -0.710. The van der Waals surface area contributed by atoms with E-state index in [4.69, 9.17) is 3.97 Å². The number of hydrogen-bond donors (Lipinski definition) is 0. The van der Waals surface area contributed by atoms with Crippen LogP contribution in [0.15, 0.2) is 36.4 Å². The fraction of sp³-hybridized carbons (Fsp3) is 0.294. The Morgan fingerprint density at radius 3 is 1.54 bits per heavy atom. The number of aryl methyl sites for hydroxylation is 4. The van der Waals surface area contributed by atoms with E-state index in [1.807, 2.05) is 64.1 Å². The molecule has 1 fully saturated rings. The second-order valence-electron chi connectivity index (χ2n) is 6.43. The Kier molecular flexibility index (Phi) is 5.67.